The van der Waals surface area contributed by atoms with Gasteiger partial charge in [0.2, 0.25) is 0 Å². The van der Waals surface area contributed by atoms with Crippen LogP contribution in [0.4, 0.5) is 0 Å². The Hall–Kier alpha value is -0.660. The summed E-state index contributed by atoms with van der Waals surface area (Å²) in [5.41, 5.74) is 2.47. The molecule has 0 saturated heterocycles. The second-order valence-electron chi connectivity index (χ2n) is 3.15. The molecule has 0 bridgehead atoms. The van der Waals surface area contributed by atoms with E-state index in [-0.39, 0.29) is 49.6 Å². The Kier molecular flexibility index (Phi) is 16.0. The summed E-state index contributed by atoms with van der Waals surface area (Å²) in [6, 6.07) is 20.6. The maximum atomic E-state index is 2.12. The van der Waals surface area contributed by atoms with Crippen LogP contribution in [0.5, 0.6) is 0 Å². The van der Waals surface area contributed by atoms with Crippen LogP contribution < -0.4 is 0 Å². The minimum absolute atomic E-state index is 0. The van der Waals surface area contributed by atoms with E-state index in [1.54, 1.807) is 0 Å². The molecule has 2 rings (SSSR count). The molecule has 0 saturated carbocycles. The van der Waals surface area contributed by atoms with Gasteiger partial charge in [0.25, 0.3) is 0 Å². The van der Waals surface area contributed by atoms with Crippen molar-refractivity contribution in [2.75, 3.05) is 0 Å². The van der Waals surface area contributed by atoms with E-state index in [9.17, 15) is 0 Å². The van der Waals surface area contributed by atoms with Gasteiger partial charge < -0.3 is 0 Å². The van der Waals surface area contributed by atoms with Gasteiger partial charge in [-0.25, -0.2) is 0 Å². The molecule has 0 unspecified atom stereocenters. The molecule has 0 N–H and O–H groups in total. The molecule has 4 heteroatoms. The Bertz CT molecular complexity index is 371. The number of rotatable bonds is 2. The third-order valence-electron chi connectivity index (χ3n) is 2.07. The van der Waals surface area contributed by atoms with Crippen molar-refractivity contribution in [3.63, 3.8) is 0 Å². The summed E-state index contributed by atoms with van der Waals surface area (Å²) in [6.45, 7) is 0. The lowest BCUT2D eigenvalue weighted by molar-refractivity contribution is 1.65. The highest BCUT2D eigenvalue weighted by molar-refractivity contribution is 5.86. The molecule has 0 aromatic heterocycles. The first-order chi connectivity index (χ1) is 6.95. The van der Waals surface area contributed by atoms with E-state index < -0.39 is 0 Å². The number of hydrogen-bond acceptors (Lipinski definition) is 0. The minimum atomic E-state index is 0. The summed E-state index contributed by atoms with van der Waals surface area (Å²) in [4.78, 5) is 0. The predicted octanol–water partition coefficient (Wildman–Crippen LogP) is 5.54. The average Bonchev–Trinajstić information content (AvgIpc) is 2.29. The smallest absolute Gasteiger partial charge is 0.0256 e. The van der Waals surface area contributed by atoms with E-state index in [2.05, 4.69) is 36.4 Å². The van der Waals surface area contributed by atoms with Gasteiger partial charge in [-0.2, -0.15) is 0 Å². The average molecular weight is 326 g/mol. The van der Waals surface area contributed by atoms with Crippen molar-refractivity contribution >= 4 is 61.8 Å². The molecule has 0 aliphatic rings. The van der Waals surface area contributed by atoms with Crippen molar-refractivity contribution in [3.8, 4) is 0 Å². The highest BCUT2D eigenvalue weighted by Crippen LogP contribution is 2.06. The topological polar surface area (TPSA) is 0 Å². The molecule has 0 nitrogen and oxygen atoms in total. The van der Waals surface area contributed by atoms with Crippen molar-refractivity contribution in [2.45, 2.75) is 0 Å². The van der Waals surface area contributed by atoms with Gasteiger partial charge in [-0.3, -0.25) is 0 Å². The first-order valence-corrected chi connectivity index (χ1v) is 4.73. The van der Waals surface area contributed by atoms with Crippen LogP contribution in [0.15, 0.2) is 60.7 Å². The minimum Gasteiger partial charge on any atom is -0.147 e. The summed E-state index contributed by atoms with van der Waals surface area (Å²) in [5.74, 6) is 0. The lowest BCUT2D eigenvalue weighted by Crippen LogP contribution is -1.70. The lowest BCUT2D eigenvalue weighted by Gasteiger charge is -1.92. The quantitative estimate of drug-likeness (QED) is 0.635. The van der Waals surface area contributed by atoms with Gasteiger partial charge in [0.1, 0.15) is 0 Å². The van der Waals surface area contributed by atoms with Crippen LogP contribution >= 0.6 is 49.6 Å². The predicted molar refractivity (Wildman–Crippen MR) is 90.8 cm³/mol. The Morgan fingerprint density at radius 1 is 0.444 bits per heavy atom. The van der Waals surface area contributed by atoms with Crippen LogP contribution in [0.1, 0.15) is 11.1 Å². The van der Waals surface area contributed by atoms with Gasteiger partial charge >= 0.3 is 0 Å². The molecular formula is C14H16Cl4. The highest BCUT2D eigenvalue weighted by atomic mass is 35.5. The van der Waals surface area contributed by atoms with Gasteiger partial charge in [0, 0.05) is 0 Å². The first kappa shape index (κ1) is 22.5. The molecule has 2 aromatic rings. The Morgan fingerprint density at radius 3 is 1.00 bits per heavy atom. The third-order valence-corrected chi connectivity index (χ3v) is 2.07. The number of halogens is 4. The summed E-state index contributed by atoms with van der Waals surface area (Å²) >= 11 is 0. The molecule has 0 radical (unpaired) electrons. The molecule has 100 valence electrons. The standard InChI is InChI=1S/C14H12.4ClH/c1-3-7-13(8-4-1)11-12-14-9-5-2-6-10-14;;;;/h1-12H;4*1H. The second-order valence-corrected chi connectivity index (χ2v) is 3.15. The lowest BCUT2D eigenvalue weighted by atomic mass is 10.1. The van der Waals surface area contributed by atoms with Crippen LogP contribution in [0, 0.1) is 0 Å². The maximum Gasteiger partial charge on any atom is -0.0256 e. The van der Waals surface area contributed by atoms with Gasteiger partial charge in [-0.05, 0) is 11.1 Å². The van der Waals surface area contributed by atoms with Crippen molar-refractivity contribution < 1.29 is 0 Å². The zero-order valence-electron chi connectivity index (χ0n) is 9.56. The summed E-state index contributed by atoms with van der Waals surface area (Å²) in [7, 11) is 0. The second kappa shape index (κ2) is 12.8. The Morgan fingerprint density at radius 2 is 0.722 bits per heavy atom. The van der Waals surface area contributed by atoms with E-state index in [4.69, 9.17) is 0 Å². The molecular weight excluding hydrogens is 310 g/mol. The van der Waals surface area contributed by atoms with Gasteiger partial charge in [0.05, 0.1) is 0 Å². The van der Waals surface area contributed by atoms with E-state index in [1.807, 2.05) is 36.4 Å². The van der Waals surface area contributed by atoms with E-state index in [1.165, 1.54) is 11.1 Å². The van der Waals surface area contributed by atoms with Gasteiger partial charge in [-0.1, -0.05) is 72.8 Å². The molecule has 0 spiro atoms. The molecule has 0 aliphatic heterocycles. The molecule has 0 fully saturated rings. The van der Waals surface area contributed by atoms with Crippen LogP contribution in [0.3, 0.4) is 0 Å². The fourth-order valence-electron chi connectivity index (χ4n) is 1.32. The fourth-order valence-corrected chi connectivity index (χ4v) is 1.32. The normalized spacial score (nSPS) is 8.22. The number of hydrogen-bond donors (Lipinski definition) is 0. The summed E-state index contributed by atoms with van der Waals surface area (Å²) < 4.78 is 0. The Labute approximate surface area is 133 Å². The zero-order chi connectivity index (χ0) is 9.64. The van der Waals surface area contributed by atoms with Gasteiger partial charge in [0.15, 0.2) is 0 Å². The zero-order valence-corrected chi connectivity index (χ0v) is 12.8. The molecule has 18 heavy (non-hydrogen) atoms. The van der Waals surface area contributed by atoms with E-state index in [0.717, 1.165) is 0 Å². The van der Waals surface area contributed by atoms with Crippen LogP contribution in [-0.2, 0) is 0 Å². The van der Waals surface area contributed by atoms with Crippen LogP contribution in [0.2, 0.25) is 0 Å². The maximum absolute atomic E-state index is 2.12. The SMILES string of the molecule is C(=Cc1ccccc1)c1ccccc1.Cl.Cl.Cl.Cl. The highest BCUT2D eigenvalue weighted by Gasteiger charge is 1.84. The summed E-state index contributed by atoms with van der Waals surface area (Å²) in [5, 5.41) is 0. The monoisotopic (exact) mass is 324 g/mol. The molecule has 0 atom stereocenters. The van der Waals surface area contributed by atoms with Crippen LogP contribution in [0.25, 0.3) is 12.2 Å². The van der Waals surface area contributed by atoms with E-state index in [0.29, 0.717) is 0 Å². The van der Waals surface area contributed by atoms with Crippen molar-refractivity contribution in [2.24, 2.45) is 0 Å². The Balaban J connectivity index is -0.000000562. The van der Waals surface area contributed by atoms with Crippen molar-refractivity contribution in [1.29, 1.82) is 0 Å². The van der Waals surface area contributed by atoms with Crippen molar-refractivity contribution in [1.82, 2.24) is 0 Å². The van der Waals surface area contributed by atoms with Gasteiger partial charge in [-0.15, -0.1) is 49.6 Å². The molecule has 0 amide bonds. The molecule has 0 aliphatic carbocycles. The third kappa shape index (κ3) is 7.62. The van der Waals surface area contributed by atoms with Crippen molar-refractivity contribution in [3.05, 3.63) is 71.8 Å². The molecule has 0 heterocycles. The number of benzene rings is 2. The summed E-state index contributed by atoms with van der Waals surface area (Å²) in [6.07, 6.45) is 4.24. The largest absolute Gasteiger partial charge is 0.147 e. The van der Waals surface area contributed by atoms with Crippen LogP contribution in [-0.4, -0.2) is 0 Å². The van der Waals surface area contributed by atoms with E-state index >= 15 is 0 Å². The fraction of sp³-hybridized carbons (Fsp3) is 0. The molecule has 2 aromatic carbocycles. The first-order valence-electron chi connectivity index (χ1n) is 4.73.